The van der Waals surface area contributed by atoms with E-state index in [2.05, 4.69) is 0 Å². The number of benzene rings is 1. The largest absolute Gasteiger partial charge is 0.497 e. The maximum Gasteiger partial charge on any atom is 0.329 e. The van der Waals surface area contributed by atoms with E-state index >= 15 is 0 Å². The van der Waals surface area contributed by atoms with Gasteiger partial charge in [0.15, 0.2) is 0 Å². The molecule has 1 aliphatic carbocycles. The molecule has 0 aromatic heterocycles. The van der Waals surface area contributed by atoms with Crippen molar-refractivity contribution in [3.63, 3.8) is 0 Å². The molecule has 5 heteroatoms. The molecule has 1 aliphatic rings. The van der Waals surface area contributed by atoms with Crippen LogP contribution < -0.4 is 4.74 Å². The molecule has 0 radical (unpaired) electrons. The van der Waals surface area contributed by atoms with E-state index in [9.17, 15) is 14.7 Å². The van der Waals surface area contributed by atoms with Crippen LogP contribution in [0, 0.1) is 0 Å². The van der Waals surface area contributed by atoms with Crippen LogP contribution in [0.3, 0.4) is 0 Å². The highest BCUT2D eigenvalue weighted by Crippen LogP contribution is 2.34. The number of nitrogens with zero attached hydrogens (tertiary/aromatic N) is 1. The molecule has 0 heterocycles. The van der Waals surface area contributed by atoms with E-state index in [-0.39, 0.29) is 0 Å². The summed E-state index contributed by atoms with van der Waals surface area (Å²) in [7, 11) is 3.10. The molecule has 1 atom stereocenters. The van der Waals surface area contributed by atoms with Gasteiger partial charge in [-0.05, 0) is 36.1 Å². The highest BCUT2D eigenvalue weighted by Gasteiger charge is 2.44. The van der Waals surface area contributed by atoms with Gasteiger partial charge in [-0.25, -0.2) is 4.79 Å². The van der Waals surface area contributed by atoms with Crippen molar-refractivity contribution in [3.05, 3.63) is 29.3 Å². The van der Waals surface area contributed by atoms with Crippen molar-refractivity contribution >= 4 is 12.4 Å². The predicted octanol–water partition coefficient (Wildman–Crippen LogP) is 1.10. The molecular formula is C14H17NO4. The molecule has 1 aromatic carbocycles. The molecule has 0 spiro atoms. The van der Waals surface area contributed by atoms with Gasteiger partial charge in [0, 0.05) is 13.5 Å². The second-order valence-electron chi connectivity index (χ2n) is 4.86. The fourth-order valence-electron chi connectivity index (χ4n) is 2.62. The van der Waals surface area contributed by atoms with Gasteiger partial charge >= 0.3 is 5.97 Å². The lowest BCUT2D eigenvalue weighted by molar-refractivity contribution is -0.154. The number of amides is 1. The van der Waals surface area contributed by atoms with Crippen LogP contribution in [-0.4, -0.2) is 42.1 Å². The van der Waals surface area contributed by atoms with E-state index in [0.29, 0.717) is 31.4 Å². The maximum absolute atomic E-state index is 11.6. The Bertz CT molecular complexity index is 514. The quantitative estimate of drug-likeness (QED) is 0.826. The number of ether oxygens (including phenoxy) is 1. The Morgan fingerprint density at radius 1 is 1.47 bits per heavy atom. The van der Waals surface area contributed by atoms with Crippen LogP contribution in [0.2, 0.25) is 0 Å². The average Bonchev–Trinajstić information content (AvgIpc) is 2.44. The standard InChI is InChI=1S/C14H17NO4/c1-15(9-16)14(13(17)18)6-5-10-3-4-12(19-2)7-11(10)8-14/h3-4,7,9H,5-6,8H2,1-2H3,(H,17,18). The number of hydrogen-bond acceptors (Lipinski definition) is 3. The number of aliphatic carboxylic acids is 1. The third kappa shape index (κ3) is 2.16. The Morgan fingerprint density at radius 2 is 2.21 bits per heavy atom. The van der Waals surface area contributed by atoms with E-state index in [0.717, 1.165) is 11.1 Å². The minimum atomic E-state index is -1.15. The summed E-state index contributed by atoms with van der Waals surface area (Å²) in [5.41, 5.74) is 0.903. The molecular weight excluding hydrogens is 246 g/mol. The SMILES string of the molecule is COc1ccc2c(c1)CC(C(=O)O)(N(C)C=O)CC2. The summed E-state index contributed by atoms with van der Waals surface area (Å²) in [6.45, 7) is 0. The van der Waals surface area contributed by atoms with Crippen LogP contribution in [0.25, 0.3) is 0 Å². The van der Waals surface area contributed by atoms with Gasteiger partial charge in [-0.3, -0.25) is 4.79 Å². The van der Waals surface area contributed by atoms with Crippen LogP contribution >= 0.6 is 0 Å². The van der Waals surface area contributed by atoms with Gasteiger partial charge in [0.05, 0.1) is 7.11 Å². The van der Waals surface area contributed by atoms with Gasteiger partial charge in [0.1, 0.15) is 11.3 Å². The second kappa shape index (κ2) is 4.91. The highest BCUT2D eigenvalue weighted by atomic mass is 16.5. The van der Waals surface area contributed by atoms with Crippen molar-refractivity contribution in [2.45, 2.75) is 24.8 Å². The molecule has 0 bridgehead atoms. The predicted molar refractivity (Wildman–Crippen MR) is 69.2 cm³/mol. The summed E-state index contributed by atoms with van der Waals surface area (Å²) in [6.07, 6.45) is 1.96. The van der Waals surface area contributed by atoms with Crippen molar-refractivity contribution in [1.29, 1.82) is 0 Å². The second-order valence-corrected chi connectivity index (χ2v) is 4.86. The third-order valence-corrected chi connectivity index (χ3v) is 3.94. The van der Waals surface area contributed by atoms with E-state index < -0.39 is 11.5 Å². The monoisotopic (exact) mass is 263 g/mol. The fraction of sp³-hybridized carbons (Fsp3) is 0.429. The van der Waals surface area contributed by atoms with Gasteiger partial charge in [-0.15, -0.1) is 0 Å². The van der Waals surface area contributed by atoms with Crippen molar-refractivity contribution in [1.82, 2.24) is 4.90 Å². The van der Waals surface area contributed by atoms with Gasteiger partial charge in [-0.2, -0.15) is 0 Å². The van der Waals surface area contributed by atoms with Crippen molar-refractivity contribution < 1.29 is 19.4 Å². The first-order valence-corrected chi connectivity index (χ1v) is 6.11. The molecule has 0 saturated heterocycles. The summed E-state index contributed by atoms with van der Waals surface area (Å²) >= 11 is 0. The first kappa shape index (κ1) is 13.4. The van der Waals surface area contributed by atoms with Gasteiger partial charge in [0.25, 0.3) is 0 Å². The van der Waals surface area contributed by atoms with Crippen LogP contribution in [-0.2, 0) is 22.4 Å². The average molecular weight is 263 g/mol. The van der Waals surface area contributed by atoms with E-state index in [1.54, 1.807) is 7.11 Å². The van der Waals surface area contributed by atoms with Crippen LogP contribution in [0.4, 0.5) is 0 Å². The summed E-state index contributed by atoms with van der Waals surface area (Å²) in [6, 6.07) is 5.68. The number of carbonyl (C=O) groups excluding carboxylic acids is 1. The number of likely N-dealkylation sites (N-methyl/N-ethyl adjacent to an activating group) is 1. The van der Waals surface area contributed by atoms with Crippen molar-refractivity contribution in [2.75, 3.05) is 14.2 Å². The Labute approximate surface area is 111 Å². The number of fused-ring (bicyclic) bond motifs is 1. The summed E-state index contributed by atoms with van der Waals surface area (Å²) in [4.78, 5) is 23.9. The zero-order chi connectivity index (χ0) is 14.0. The topological polar surface area (TPSA) is 66.8 Å². The van der Waals surface area contributed by atoms with Gasteiger partial charge in [-0.1, -0.05) is 6.07 Å². The number of carbonyl (C=O) groups is 2. The fourth-order valence-corrected chi connectivity index (χ4v) is 2.62. The lowest BCUT2D eigenvalue weighted by atomic mass is 9.77. The Hall–Kier alpha value is -2.04. The molecule has 1 amide bonds. The van der Waals surface area contributed by atoms with Crippen LogP contribution in [0.15, 0.2) is 18.2 Å². The number of carboxylic acid groups (broad SMARTS) is 1. The van der Waals surface area contributed by atoms with E-state index in [4.69, 9.17) is 4.74 Å². The zero-order valence-electron chi connectivity index (χ0n) is 11.0. The number of hydrogen-bond donors (Lipinski definition) is 1. The lowest BCUT2D eigenvalue weighted by Crippen LogP contribution is -2.55. The van der Waals surface area contributed by atoms with Crippen LogP contribution in [0.5, 0.6) is 5.75 Å². The van der Waals surface area contributed by atoms with Gasteiger partial charge in [0.2, 0.25) is 6.41 Å². The molecule has 19 heavy (non-hydrogen) atoms. The zero-order valence-corrected chi connectivity index (χ0v) is 11.0. The first-order chi connectivity index (χ1) is 9.03. The summed E-state index contributed by atoms with van der Waals surface area (Å²) < 4.78 is 5.17. The van der Waals surface area contributed by atoms with Crippen molar-refractivity contribution in [2.24, 2.45) is 0 Å². The number of rotatable bonds is 4. The van der Waals surface area contributed by atoms with E-state index in [1.165, 1.54) is 11.9 Å². The first-order valence-electron chi connectivity index (χ1n) is 6.11. The molecule has 102 valence electrons. The molecule has 0 fully saturated rings. The normalized spacial score (nSPS) is 21.4. The Kier molecular flexibility index (Phi) is 3.46. The molecule has 1 N–H and O–H groups in total. The van der Waals surface area contributed by atoms with Crippen molar-refractivity contribution in [3.8, 4) is 5.75 Å². The number of carboxylic acids is 1. The maximum atomic E-state index is 11.6. The summed E-state index contributed by atoms with van der Waals surface area (Å²) in [5, 5.41) is 9.51. The molecule has 5 nitrogen and oxygen atoms in total. The molecule has 1 unspecified atom stereocenters. The smallest absolute Gasteiger partial charge is 0.329 e. The molecule has 2 rings (SSSR count). The van der Waals surface area contributed by atoms with E-state index in [1.807, 2.05) is 18.2 Å². The minimum Gasteiger partial charge on any atom is -0.497 e. The molecule has 0 aliphatic heterocycles. The minimum absolute atomic E-state index is 0.310. The van der Waals surface area contributed by atoms with Crippen LogP contribution in [0.1, 0.15) is 17.5 Å². The number of aryl methyl sites for hydroxylation is 1. The molecule has 1 aromatic rings. The van der Waals surface area contributed by atoms with Gasteiger partial charge < -0.3 is 14.7 Å². The lowest BCUT2D eigenvalue weighted by Gasteiger charge is -2.39. The third-order valence-electron chi connectivity index (χ3n) is 3.94. The number of methoxy groups -OCH3 is 1. The Balaban J connectivity index is 2.42. The Morgan fingerprint density at radius 3 is 2.79 bits per heavy atom. The molecule has 0 saturated carbocycles. The highest BCUT2D eigenvalue weighted by molar-refractivity contribution is 5.82. The summed E-state index contributed by atoms with van der Waals surface area (Å²) in [5.74, 6) is -0.260.